The van der Waals surface area contributed by atoms with Crippen molar-refractivity contribution >= 4 is 34.6 Å². The van der Waals surface area contributed by atoms with Crippen LogP contribution in [0.15, 0.2) is 48.7 Å². The minimum Gasteiger partial charge on any atom is -0.457 e. The van der Waals surface area contributed by atoms with Gasteiger partial charge in [-0.15, -0.1) is 0 Å². The van der Waals surface area contributed by atoms with Gasteiger partial charge in [-0.05, 0) is 31.2 Å². The van der Waals surface area contributed by atoms with Crippen LogP contribution < -0.4 is 10.1 Å². The Morgan fingerprint density at radius 2 is 1.83 bits per heavy atom. The van der Waals surface area contributed by atoms with Gasteiger partial charge in [0, 0.05) is 17.2 Å². The zero-order valence-electron chi connectivity index (χ0n) is 15.4. The van der Waals surface area contributed by atoms with Gasteiger partial charge >= 0.3 is 5.69 Å². The fourth-order valence-corrected chi connectivity index (χ4v) is 2.70. The van der Waals surface area contributed by atoms with Crippen molar-refractivity contribution < 1.29 is 19.4 Å². The average Bonchev–Trinajstić information content (AvgIpc) is 3.04. The quantitative estimate of drug-likeness (QED) is 0.438. The molecular weight excluding hydrogens is 418 g/mol. The molecule has 1 aromatic heterocycles. The van der Waals surface area contributed by atoms with E-state index < -0.39 is 15.8 Å². The van der Waals surface area contributed by atoms with Crippen molar-refractivity contribution in [2.24, 2.45) is 0 Å². The number of anilines is 1. The highest BCUT2D eigenvalue weighted by Crippen LogP contribution is 2.30. The monoisotopic (exact) mass is 431 g/mol. The Labute approximate surface area is 174 Å². The van der Waals surface area contributed by atoms with Crippen LogP contribution in [-0.2, 0) is 11.3 Å². The molecule has 0 aliphatic heterocycles. The van der Waals surface area contributed by atoms with Gasteiger partial charge in [-0.1, -0.05) is 11.6 Å². The number of aromatic nitrogens is 2. The zero-order valence-corrected chi connectivity index (χ0v) is 16.2. The summed E-state index contributed by atoms with van der Waals surface area (Å²) in [4.78, 5) is 33.2. The van der Waals surface area contributed by atoms with E-state index in [1.54, 1.807) is 24.3 Å². The normalized spacial score (nSPS) is 10.5. The van der Waals surface area contributed by atoms with E-state index >= 15 is 0 Å². The van der Waals surface area contributed by atoms with Gasteiger partial charge in [-0.25, -0.2) is 0 Å². The molecule has 154 valence electrons. The van der Waals surface area contributed by atoms with Crippen LogP contribution in [0.2, 0.25) is 5.02 Å². The van der Waals surface area contributed by atoms with Crippen molar-refractivity contribution in [2.75, 3.05) is 5.32 Å². The first-order valence-corrected chi connectivity index (χ1v) is 8.80. The molecular formula is C18H14ClN5O6. The largest absolute Gasteiger partial charge is 0.457 e. The minimum absolute atomic E-state index is 0.123. The molecule has 0 atom stereocenters. The molecule has 0 spiro atoms. The highest BCUT2D eigenvalue weighted by molar-refractivity contribution is 6.30. The van der Waals surface area contributed by atoms with Gasteiger partial charge in [0.1, 0.15) is 29.9 Å². The third-order valence-corrected chi connectivity index (χ3v) is 4.25. The summed E-state index contributed by atoms with van der Waals surface area (Å²) in [5, 5.41) is 28.9. The van der Waals surface area contributed by atoms with Crippen molar-refractivity contribution in [2.45, 2.75) is 13.5 Å². The van der Waals surface area contributed by atoms with Crippen LogP contribution in [0.25, 0.3) is 0 Å². The topological polar surface area (TPSA) is 142 Å². The van der Waals surface area contributed by atoms with Crippen LogP contribution in [0.3, 0.4) is 0 Å². The van der Waals surface area contributed by atoms with Crippen LogP contribution in [0.5, 0.6) is 11.5 Å². The van der Waals surface area contributed by atoms with Gasteiger partial charge in [0.15, 0.2) is 0 Å². The second-order valence-corrected chi connectivity index (χ2v) is 6.54. The minimum atomic E-state index is -0.620. The summed E-state index contributed by atoms with van der Waals surface area (Å²) in [5.41, 5.74) is -0.169. The molecule has 0 aliphatic carbocycles. The number of carbonyl (C=O) groups excluding carboxylic acids is 1. The lowest BCUT2D eigenvalue weighted by Crippen LogP contribution is -2.20. The third-order valence-electron chi connectivity index (χ3n) is 4.00. The van der Waals surface area contributed by atoms with Crippen LogP contribution in [0.4, 0.5) is 17.1 Å². The number of hydrogen-bond donors (Lipinski definition) is 1. The molecule has 0 saturated carbocycles. The molecule has 30 heavy (non-hydrogen) atoms. The lowest BCUT2D eigenvalue weighted by molar-refractivity contribution is -0.385. The summed E-state index contributed by atoms with van der Waals surface area (Å²) in [6.45, 7) is 1.15. The second-order valence-electron chi connectivity index (χ2n) is 6.11. The summed E-state index contributed by atoms with van der Waals surface area (Å²) in [6.07, 6.45) is 1.05. The molecule has 1 amide bonds. The number of nitrogens with zero attached hydrogens (tertiary/aromatic N) is 4. The molecule has 0 saturated heterocycles. The van der Waals surface area contributed by atoms with Gasteiger partial charge in [-0.2, -0.15) is 5.10 Å². The molecule has 3 rings (SSSR count). The van der Waals surface area contributed by atoms with Gasteiger partial charge < -0.3 is 10.1 Å². The molecule has 0 fully saturated rings. The Bertz CT molecular complexity index is 1130. The van der Waals surface area contributed by atoms with Crippen LogP contribution in [-0.4, -0.2) is 25.5 Å². The van der Waals surface area contributed by atoms with Crippen LogP contribution >= 0.6 is 11.6 Å². The maximum atomic E-state index is 12.3. The number of carbonyl (C=O) groups is 1. The van der Waals surface area contributed by atoms with E-state index in [9.17, 15) is 25.0 Å². The number of rotatable bonds is 7. The van der Waals surface area contributed by atoms with E-state index in [1.165, 1.54) is 25.1 Å². The predicted molar refractivity (Wildman–Crippen MR) is 107 cm³/mol. The smallest absolute Gasteiger partial charge is 0.309 e. The van der Waals surface area contributed by atoms with E-state index in [0.717, 1.165) is 10.9 Å². The van der Waals surface area contributed by atoms with Crippen LogP contribution in [0.1, 0.15) is 5.69 Å². The highest BCUT2D eigenvalue weighted by atomic mass is 35.5. The summed E-state index contributed by atoms with van der Waals surface area (Å²) >= 11 is 5.82. The summed E-state index contributed by atoms with van der Waals surface area (Å²) in [6, 6.07) is 10.2. The Kier molecular flexibility index (Phi) is 5.93. The number of nitro groups is 2. The fraction of sp³-hybridized carbons (Fsp3) is 0.111. The van der Waals surface area contributed by atoms with Crippen molar-refractivity contribution in [1.82, 2.24) is 9.78 Å². The van der Waals surface area contributed by atoms with Gasteiger partial charge in [0.2, 0.25) is 5.91 Å². The summed E-state index contributed by atoms with van der Waals surface area (Å²) < 4.78 is 6.77. The van der Waals surface area contributed by atoms with E-state index in [2.05, 4.69) is 10.4 Å². The van der Waals surface area contributed by atoms with E-state index in [4.69, 9.17) is 16.3 Å². The first-order chi connectivity index (χ1) is 14.2. The number of hydrogen-bond acceptors (Lipinski definition) is 7. The molecule has 12 heteroatoms. The average molecular weight is 432 g/mol. The third kappa shape index (κ3) is 4.89. The Hall–Kier alpha value is -3.99. The van der Waals surface area contributed by atoms with Crippen molar-refractivity contribution in [3.8, 4) is 11.5 Å². The molecule has 0 bridgehead atoms. The van der Waals surface area contributed by atoms with E-state index in [0.29, 0.717) is 10.8 Å². The van der Waals surface area contributed by atoms with Crippen molar-refractivity contribution in [1.29, 1.82) is 0 Å². The highest BCUT2D eigenvalue weighted by Gasteiger charge is 2.19. The lowest BCUT2D eigenvalue weighted by atomic mass is 10.2. The number of ether oxygens (including phenoxy) is 1. The van der Waals surface area contributed by atoms with E-state index in [-0.39, 0.29) is 35.1 Å². The first kappa shape index (κ1) is 20.7. The van der Waals surface area contributed by atoms with Gasteiger partial charge in [-0.3, -0.25) is 29.7 Å². The predicted octanol–water partition coefficient (Wildman–Crippen LogP) is 4.09. The number of nitro benzene ring substituents is 1. The van der Waals surface area contributed by atoms with Gasteiger partial charge in [0.05, 0.1) is 21.6 Å². The number of amides is 1. The number of nitrogens with one attached hydrogen (secondary N) is 1. The summed E-state index contributed by atoms with van der Waals surface area (Å²) in [5.74, 6) is -0.0431. The zero-order chi connectivity index (χ0) is 21.8. The number of halogens is 1. The molecule has 11 nitrogen and oxygen atoms in total. The maximum Gasteiger partial charge on any atom is 0.309 e. The maximum absolute atomic E-state index is 12.3. The molecule has 0 unspecified atom stereocenters. The molecule has 0 aliphatic rings. The molecule has 2 aromatic carbocycles. The summed E-state index contributed by atoms with van der Waals surface area (Å²) in [7, 11) is 0. The second kappa shape index (κ2) is 8.57. The van der Waals surface area contributed by atoms with Gasteiger partial charge in [0.25, 0.3) is 5.69 Å². The number of non-ortho nitro benzene ring substituents is 1. The first-order valence-electron chi connectivity index (χ1n) is 8.42. The Morgan fingerprint density at radius 1 is 1.13 bits per heavy atom. The standard InChI is InChI=1S/C18H14ClN5O6/c1-11-17(24(28)29)9-20-22(11)10-18(25)21-13-6-14(23(26)27)8-16(7-13)30-15-4-2-12(19)3-5-15/h2-9H,10H2,1H3,(H,21,25). The Morgan fingerprint density at radius 3 is 2.43 bits per heavy atom. The van der Waals surface area contributed by atoms with E-state index in [1.807, 2.05) is 0 Å². The van der Waals surface area contributed by atoms with Crippen LogP contribution in [0, 0.1) is 27.2 Å². The molecule has 1 heterocycles. The lowest BCUT2D eigenvalue weighted by Gasteiger charge is -2.10. The molecule has 3 aromatic rings. The fourth-order valence-electron chi connectivity index (χ4n) is 2.57. The number of benzene rings is 2. The molecule has 1 N–H and O–H groups in total. The van der Waals surface area contributed by atoms with Crippen molar-refractivity contribution in [3.05, 3.63) is 79.6 Å². The van der Waals surface area contributed by atoms with Crippen molar-refractivity contribution in [3.63, 3.8) is 0 Å². The molecule has 0 radical (unpaired) electrons. The Balaban J connectivity index is 1.79. The SMILES string of the molecule is Cc1c([N+](=O)[O-])cnn1CC(=O)Nc1cc(Oc2ccc(Cl)cc2)cc([N+](=O)[O-])c1.